The third kappa shape index (κ3) is 18.8. The number of rotatable bonds is 25. The molecular formula is C36H55N7O12. The number of hydrogen-bond acceptors (Lipinski definition) is 11. The van der Waals surface area contributed by atoms with Crippen LogP contribution >= 0.6 is 0 Å². The fourth-order valence-electron chi connectivity index (χ4n) is 4.79. The van der Waals surface area contributed by atoms with Gasteiger partial charge in [-0.3, -0.25) is 38.4 Å². The van der Waals surface area contributed by atoms with Gasteiger partial charge in [0.25, 0.3) is 5.91 Å². The van der Waals surface area contributed by atoms with Gasteiger partial charge >= 0.3 is 18.0 Å². The standard InChI is InChI=1S/C36H55N7O12/c1-20(2)30(43-33(50)27(11-12-29(46)47)41-28(45)14-17-54-16-13-22(5)44)34(51)42-26(8-7-15-39-36(37)53)32(49)40-24-10-9-23(19-55-35(52)21(3)4)25(18-24)31(48)38-6/h9-10,18,20-21,26-27,30H,7-8,11-17,19H2,1-6H3,(H,38,48)(H,40,49)(H,41,45)(H,42,51)(H,43,50)(H,46,47)(H3,37,39,53)/t26-,27-,30-/m0/s1. The predicted molar refractivity (Wildman–Crippen MR) is 198 cm³/mol. The fourth-order valence-corrected chi connectivity index (χ4v) is 4.79. The topological polar surface area (TPSA) is 291 Å². The number of anilines is 1. The van der Waals surface area contributed by atoms with E-state index in [0.717, 1.165) is 0 Å². The molecule has 0 aliphatic heterocycles. The molecule has 0 bridgehead atoms. The molecule has 0 unspecified atom stereocenters. The summed E-state index contributed by atoms with van der Waals surface area (Å²) in [6, 6.07) is -0.247. The molecule has 19 heteroatoms. The van der Waals surface area contributed by atoms with Crippen molar-refractivity contribution in [3.05, 3.63) is 29.3 Å². The van der Waals surface area contributed by atoms with Gasteiger partial charge in [0, 0.05) is 49.7 Å². The van der Waals surface area contributed by atoms with Gasteiger partial charge in [-0.1, -0.05) is 33.8 Å². The number of primary amides is 1. The molecule has 306 valence electrons. The molecule has 0 spiro atoms. The van der Waals surface area contributed by atoms with E-state index in [1.54, 1.807) is 27.7 Å². The SMILES string of the molecule is CNC(=O)c1cc(NC(=O)[C@H](CCCNC(N)=O)NC(=O)[C@@H](NC(=O)[C@H](CCC(=O)O)NC(=O)CCOCCC(C)=O)C(C)C)ccc1COC(=O)C(C)C. The summed E-state index contributed by atoms with van der Waals surface area (Å²) in [4.78, 5) is 112. The quantitative estimate of drug-likeness (QED) is 0.0498. The van der Waals surface area contributed by atoms with Gasteiger partial charge < -0.3 is 52.2 Å². The van der Waals surface area contributed by atoms with Crippen molar-refractivity contribution in [1.82, 2.24) is 26.6 Å². The molecule has 0 fully saturated rings. The number of ketones is 1. The largest absolute Gasteiger partial charge is 0.481 e. The molecule has 55 heavy (non-hydrogen) atoms. The van der Waals surface area contributed by atoms with Gasteiger partial charge in [-0.2, -0.15) is 0 Å². The maximum Gasteiger partial charge on any atom is 0.312 e. The van der Waals surface area contributed by atoms with Crippen LogP contribution in [0.5, 0.6) is 0 Å². The Morgan fingerprint density at radius 3 is 2.05 bits per heavy atom. The van der Waals surface area contributed by atoms with Crippen LogP contribution in [0.3, 0.4) is 0 Å². The summed E-state index contributed by atoms with van der Waals surface area (Å²) < 4.78 is 10.5. The van der Waals surface area contributed by atoms with Crippen LogP contribution in [-0.2, 0) is 49.6 Å². The molecule has 3 atom stereocenters. The minimum absolute atomic E-state index is 0.00601. The van der Waals surface area contributed by atoms with Crippen molar-refractivity contribution in [2.75, 3.05) is 32.1 Å². The fraction of sp³-hybridized carbons (Fsp3) is 0.583. The lowest BCUT2D eigenvalue weighted by atomic mass is 10.0. The number of nitrogens with two attached hydrogens (primary N) is 1. The zero-order valence-corrected chi connectivity index (χ0v) is 32.2. The molecule has 0 aromatic heterocycles. The highest BCUT2D eigenvalue weighted by Crippen LogP contribution is 2.19. The second-order valence-corrected chi connectivity index (χ2v) is 13.3. The van der Waals surface area contributed by atoms with E-state index in [1.165, 1.54) is 32.2 Å². The minimum Gasteiger partial charge on any atom is -0.481 e. The maximum atomic E-state index is 13.7. The number of carboxylic acid groups (broad SMARTS) is 1. The first-order valence-electron chi connectivity index (χ1n) is 17.9. The zero-order chi connectivity index (χ0) is 41.7. The van der Waals surface area contributed by atoms with E-state index in [-0.39, 0.29) is 75.5 Å². The van der Waals surface area contributed by atoms with Crippen molar-refractivity contribution < 1.29 is 57.7 Å². The molecule has 0 saturated carbocycles. The van der Waals surface area contributed by atoms with Gasteiger partial charge in [0.2, 0.25) is 23.6 Å². The lowest BCUT2D eigenvalue weighted by Crippen LogP contribution is -2.58. The van der Waals surface area contributed by atoms with Crippen molar-refractivity contribution >= 4 is 59.0 Å². The van der Waals surface area contributed by atoms with Crippen molar-refractivity contribution in [2.24, 2.45) is 17.6 Å². The number of carbonyl (C=O) groups is 9. The molecule has 1 rings (SSSR count). The van der Waals surface area contributed by atoms with Crippen LogP contribution in [0.1, 0.15) is 89.1 Å². The molecule has 0 aliphatic carbocycles. The molecule has 0 heterocycles. The van der Waals surface area contributed by atoms with Crippen LogP contribution in [0.25, 0.3) is 0 Å². The first-order valence-corrected chi connectivity index (χ1v) is 17.9. The average molecular weight is 778 g/mol. The first-order chi connectivity index (χ1) is 25.9. The third-order valence-corrected chi connectivity index (χ3v) is 7.91. The summed E-state index contributed by atoms with van der Waals surface area (Å²) in [6.07, 6.45) is -0.595. The Morgan fingerprint density at radius 1 is 0.818 bits per heavy atom. The summed E-state index contributed by atoms with van der Waals surface area (Å²) >= 11 is 0. The highest BCUT2D eigenvalue weighted by molar-refractivity contribution is 6.01. The number of urea groups is 1. The predicted octanol–water partition coefficient (Wildman–Crippen LogP) is 0.493. The number of carbonyl (C=O) groups excluding carboxylic acids is 8. The van der Waals surface area contributed by atoms with Crippen LogP contribution in [0.2, 0.25) is 0 Å². The van der Waals surface area contributed by atoms with Gasteiger partial charge in [0.15, 0.2) is 0 Å². The van der Waals surface area contributed by atoms with Crippen molar-refractivity contribution in [1.29, 1.82) is 0 Å². The number of nitrogens with one attached hydrogen (secondary N) is 6. The van der Waals surface area contributed by atoms with E-state index in [1.807, 2.05) is 0 Å². The molecule has 0 saturated heterocycles. The van der Waals surface area contributed by atoms with Crippen LogP contribution in [0.15, 0.2) is 18.2 Å². The smallest absolute Gasteiger partial charge is 0.312 e. The summed E-state index contributed by atoms with van der Waals surface area (Å²) in [5, 5.41) is 24.4. The van der Waals surface area contributed by atoms with E-state index in [2.05, 4.69) is 31.9 Å². The minimum atomic E-state index is -1.33. The van der Waals surface area contributed by atoms with Crippen LogP contribution in [0.4, 0.5) is 10.5 Å². The summed E-state index contributed by atoms with van der Waals surface area (Å²) in [7, 11) is 1.41. The lowest BCUT2D eigenvalue weighted by Gasteiger charge is -2.27. The average Bonchev–Trinajstić information content (AvgIpc) is 3.11. The Hall–Kier alpha value is -5.59. The van der Waals surface area contributed by atoms with E-state index >= 15 is 0 Å². The summed E-state index contributed by atoms with van der Waals surface area (Å²) in [6.45, 7) is 7.90. The molecule has 1 aromatic rings. The van der Waals surface area contributed by atoms with Gasteiger partial charge in [0.1, 0.15) is 30.5 Å². The number of esters is 1. The lowest BCUT2D eigenvalue weighted by molar-refractivity contribution is -0.148. The monoisotopic (exact) mass is 777 g/mol. The first kappa shape index (κ1) is 47.4. The second kappa shape index (κ2) is 24.7. The molecule has 0 aliphatic rings. The number of hydrogen-bond donors (Lipinski definition) is 8. The molecule has 19 nitrogen and oxygen atoms in total. The number of Topliss-reactive ketones (excluding diaryl/α,β-unsaturated/α-hetero) is 1. The number of carboxylic acids is 1. The number of ether oxygens (including phenoxy) is 2. The van der Waals surface area contributed by atoms with Crippen LogP contribution in [0, 0.1) is 11.8 Å². The van der Waals surface area contributed by atoms with E-state index in [9.17, 15) is 48.3 Å². The Bertz CT molecular complexity index is 1530. The number of benzene rings is 1. The molecule has 1 aromatic carbocycles. The maximum absolute atomic E-state index is 13.7. The van der Waals surface area contributed by atoms with Crippen LogP contribution in [-0.4, -0.2) is 103 Å². The van der Waals surface area contributed by atoms with Crippen molar-refractivity contribution in [2.45, 2.75) is 97.9 Å². The van der Waals surface area contributed by atoms with Crippen LogP contribution < -0.4 is 37.6 Å². The van der Waals surface area contributed by atoms with E-state index in [4.69, 9.17) is 15.2 Å². The molecular weight excluding hydrogens is 722 g/mol. The Morgan fingerprint density at radius 2 is 1.47 bits per heavy atom. The Labute approximate surface area is 319 Å². The second-order valence-electron chi connectivity index (χ2n) is 13.3. The molecule has 0 radical (unpaired) electrons. The number of aliphatic carboxylic acids is 1. The highest BCUT2D eigenvalue weighted by Gasteiger charge is 2.32. The third-order valence-electron chi connectivity index (χ3n) is 7.91. The molecule has 9 N–H and O–H groups in total. The van der Waals surface area contributed by atoms with E-state index < -0.39 is 83.9 Å². The summed E-state index contributed by atoms with van der Waals surface area (Å²) in [5.41, 5.74) is 5.82. The van der Waals surface area contributed by atoms with Gasteiger partial charge in [-0.05, 0) is 44.2 Å². The highest BCUT2D eigenvalue weighted by atomic mass is 16.5. The molecule has 7 amide bonds. The van der Waals surface area contributed by atoms with Gasteiger partial charge in [-0.25, -0.2) is 4.79 Å². The summed E-state index contributed by atoms with van der Waals surface area (Å²) in [5.74, 6) is -6.18. The normalized spacial score (nSPS) is 12.4. The Kier molecular flexibility index (Phi) is 21.3. The Balaban J connectivity index is 3.22. The number of amides is 7. The van der Waals surface area contributed by atoms with Gasteiger partial charge in [-0.15, -0.1) is 0 Å². The van der Waals surface area contributed by atoms with Crippen molar-refractivity contribution in [3.8, 4) is 0 Å². The van der Waals surface area contributed by atoms with E-state index in [0.29, 0.717) is 5.56 Å². The van der Waals surface area contributed by atoms with Crippen molar-refractivity contribution in [3.63, 3.8) is 0 Å². The van der Waals surface area contributed by atoms with Gasteiger partial charge in [0.05, 0.1) is 19.1 Å². The zero-order valence-electron chi connectivity index (χ0n) is 32.2.